The van der Waals surface area contributed by atoms with E-state index in [2.05, 4.69) is 30.8 Å². The molecular formula is C24H30ClN7O4S. The van der Waals surface area contributed by atoms with Gasteiger partial charge in [0.15, 0.2) is 5.01 Å². The third-order valence-corrected chi connectivity index (χ3v) is 7.93. The predicted octanol–water partition coefficient (Wildman–Crippen LogP) is 1.64. The molecular weight excluding hydrogens is 518 g/mol. The van der Waals surface area contributed by atoms with Gasteiger partial charge in [-0.3, -0.25) is 19.2 Å². The predicted molar refractivity (Wildman–Crippen MR) is 139 cm³/mol. The fourth-order valence-corrected chi connectivity index (χ4v) is 5.79. The van der Waals surface area contributed by atoms with Crippen molar-refractivity contribution in [2.24, 2.45) is 5.92 Å². The Hall–Kier alpha value is -3.09. The maximum Gasteiger partial charge on any atom is 0.314 e. The molecule has 0 radical (unpaired) electrons. The Morgan fingerprint density at radius 3 is 2.51 bits per heavy atom. The van der Waals surface area contributed by atoms with Gasteiger partial charge in [-0.05, 0) is 44.9 Å². The zero-order valence-corrected chi connectivity index (χ0v) is 22.5. The molecule has 3 N–H and O–H groups in total. The van der Waals surface area contributed by atoms with Crippen LogP contribution in [0.25, 0.3) is 0 Å². The maximum atomic E-state index is 13.3. The van der Waals surface area contributed by atoms with Crippen molar-refractivity contribution in [1.29, 1.82) is 0 Å². The number of halogens is 1. The highest BCUT2D eigenvalue weighted by atomic mass is 35.5. The van der Waals surface area contributed by atoms with Gasteiger partial charge in [0.2, 0.25) is 5.91 Å². The van der Waals surface area contributed by atoms with Crippen LogP contribution in [0.4, 0.5) is 5.82 Å². The Kier molecular flexibility index (Phi) is 8.10. The van der Waals surface area contributed by atoms with E-state index in [1.54, 1.807) is 19.0 Å². The van der Waals surface area contributed by atoms with Crippen molar-refractivity contribution in [1.82, 2.24) is 30.4 Å². The number of fused-ring (bicyclic) bond motifs is 1. The van der Waals surface area contributed by atoms with Crippen LogP contribution in [0.1, 0.15) is 46.1 Å². The summed E-state index contributed by atoms with van der Waals surface area (Å²) in [5, 5.41) is 8.81. The second-order valence-electron chi connectivity index (χ2n) is 9.69. The smallest absolute Gasteiger partial charge is 0.314 e. The molecule has 1 aliphatic heterocycles. The van der Waals surface area contributed by atoms with E-state index >= 15 is 0 Å². The molecule has 0 bridgehead atoms. The van der Waals surface area contributed by atoms with Crippen molar-refractivity contribution < 1.29 is 19.2 Å². The van der Waals surface area contributed by atoms with Crippen LogP contribution in [-0.4, -0.2) is 76.7 Å². The van der Waals surface area contributed by atoms with Gasteiger partial charge in [-0.2, -0.15) is 0 Å². The van der Waals surface area contributed by atoms with Gasteiger partial charge in [0, 0.05) is 50.6 Å². The molecule has 0 aromatic carbocycles. The van der Waals surface area contributed by atoms with Gasteiger partial charge < -0.3 is 25.8 Å². The van der Waals surface area contributed by atoms with Gasteiger partial charge >= 0.3 is 11.8 Å². The van der Waals surface area contributed by atoms with Gasteiger partial charge in [0.25, 0.3) is 5.91 Å². The molecule has 2 aromatic rings. The maximum absolute atomic E-state index is 13.3. The summed E-state index contributed by atoms with van der Waals surface area (Å²) in [5.41, 5.74) is -0.285. The molecule has 4 amide bonds. The molecule has 0 saturated heterocycles. The van der Waals surface area contributed by atoms with Crippen LogP contribution in [0, 0.1) is 5.92 Å². The molecule has 0 unspecified atom stereocenters. The molecule has 0 spiro atoms. The molecule has 37 heavy (non-hydrogen) atoms. The Balaban J connectivity index is 1.50. The van der Waals surface area contributed by atoms with Gasteiger partial charge in [-0.1, -0.05) is 11.6 Å². The van der Waals surface area contributed by atoms with Crippen molar-refractivity contribution in [2.75, 3.05) is 33.0 Å². The first-order valence-electron chi connectivity index (χ1n) is 12.0. The third-order valence-electron chi connectivity index (χ3n) is 6.63. The van der Waals surface area contributed by atoms with Crippen LogP contribution in [0.2, 0.25) is 5.02 Å². The largest absolute Gasteiger partial charge is 0.349 e. The fraction of sp³-hybridized carbons (Fsp3) is 0.500. The molecule has 1 saturated carbocycles. The molecule has 2 aromatic heterocycles. The molecule has 1 fully saturated rings. The van der Waals surface area contributed by atoms with Crippen LogP contribution < -0.4 is 16.0 Å². The van der Waals surface area contributed by atoms with Gasteiger partial charge in [-0.25, -0.2) is 9.97 Å². The lowest BCUT2D eigenvalue weighted by molar-refractivity contribution is -0.139. The van der Waals surface area contributed by atoms with Gasteiger partial charge in [-0.15, -0.1) is 11.3 Å². The number of nitrogens with zero attached hydrogens (tertiary/aromatic N) is 4. The van der Waals surface area contributed by atoms with Crippen LogP contribution >= 0.6 is 22.9 Å². The van der Waals surface area contributed by atoms with Gasteiger partial charge in [0.05, 0.1) is 10.7 Å². The van der Waals surface area contributed by atoms with Crippen LogP contribution in [0.3, 0.4) is 0 Å². The summed E-state index contributed by atoms with van der Waals surface area (Å²) in [4.78, 5) is 64.6. The standard InChI is InChI=1S/C24H30ClN7O4S/c1-31(2)23(36)14-6-9-24(10-7-14,29-20(34)19(33)28-18-5-4-15(25)12-26-18)30-21(35)22-27-16-8-11-32(3)13-17(16)37-22/h4-5,12,14H,6-11,13H2,1-3H3,(H,29,34)(H,30,35)(H,26,28,33). The molecule has 0 atom stereocenters. The number of hydrogen-bond donors (Lipinski definition) is 3. The third kappa shape index (κ3) is 6.43. The highest BCUT2D eigenvalue weighted by Crippen LogP contribution is 2.32. The van der Waals surface area contributed by atoms with E-state index in [4.69, 9.17) is 11.6 Å². The topological polar surface area (TPSA) is 137 Å². The lowest BCUT2D eigenvalue weighted by Crippen LogP contribution is -2.64. The van der Waals surface area contributed by atoms with Crippen molar-refractivity contribution in [3.63, 3.8) is 0 Å². The van der Waals surface area contributed by atoms with E-state index < -0.39 is 23.4 Å². The van der Waals surface area contributed by atoms with Crippen molar-refractivity contribution >= 4 is 52.4 Å². The summed E-state index contributed by atoms with van der Waals surface area (Å²) in [7, 11) is 5.42. The van der Waals surface area contributed by atoms with Crippen molar-refractivity contribution in [2.45, 2.75) is 44.3 Å². The summed E-state index contributed by atoms with van der Waals surface area (Å²) < 4.78 is 0. The van der Waals surface area contributed by atoms with Gasteiger partial charge in [0.1, 0.15) is 11.5 Å². The normalized spacial score (nSPS) is 21.5. The van der Waals surface area contributed by atoms with Crippen molar-refractivity contribution in [3.05, 3.63) is 38.9 Å². The summed E-state index contributed by atoms with van der Waals surface area (Å²) in [6.07, 6.45) is 3.58. The van der Waals surface area contributed by atoms with Crippen molar-refractivity contribution in [3.8, 4) is 0 Å². The minimum Gasteiger partial charge on any atom is -0.349 e. The van der Waals surface area contributed by atoms with Crippen LogP contribution in [0.5, 0.6) is 0 Å². The number of anilines is 1. The quantitative estimate of drug-likeness (QED) is 0.382. The lowest BCUT2D eigenvalue weighted by Gasteiger charge is -2.41. The minimum atomic E-state index is -1.20. The van der Waals surface area contributed by atoms with E-state index in [1.165, 1.54) is 29.7 Å². The first-order valence-corrected chi connectivity index (χ1v) is 13.2. The number of nitrogens with one attached hydrogen (secondary N) is 3. The number of likely N-dealkylation sites (N-methyl/N-ethyl adjacent to an activating group) is 1. The SMILES string of the molecule is CN1CCc2nc(C(=O)NC3(NC(=O)C(=O)Nc4ccc(Cl)cn4)CCC(C(=O)N(C)C)CC3)sc2C1. The summed E-state index contributed by atoms with van der Waals surface area (Å²) in [6.45, 7) is 1.60. The number of carbonyl (C=O) groups is 4. The fourth-order valence-electron chi connectivity index (χ4n) is 4.59. The summed E-state index contributed by atoms with van der Waals surface area (Å²) in [6, 6.07) is 3.02. The second-order valence-corrected chi connectivity index (χ2v) is 11.2. The Morgan fingerprint density at radius 1 is 1.14 bits per heavy atom. The molecule has 1 aliphatic carbocycles. The molecule has 11 nitrogen and oxygen atoms in total. The van der Waals surface area contributed by atoms with E-state index in [-0.39, 0.29) is 30.5 Å². The summed E-state index contributed by atoms with van der Waals surface area (Å²) in [5.74, 6) is -2.33. The van der Waals surface area contributed by atoms with E-state index in [0.717, 1.165) is 30.1 Å². The number of amides is 4. The van der Waals surface area contributed by atoms with Crippen LogP contribution in [0.15, 0.2) is 18.3 Å². The summed E-state index contributed by atoms with van der Waals surface area (Å²) >= 11 is 7.16. The number of thiazole rings is 1. The highest BCUT2D eigenvalue weighted by Gasteiger charge is 2.42. The van der Waals surface area contributed by atoms with E-state index in [0.29, 0.717) is 22.9 Å². The number of hydrogen-bond acceptors (Lipinski definition) is 8. The van der Waals surface area contributed by atoms with E-state index in [1.807, 2.05) is 7.05 Å². The first kappa shape index (κ1) is 27.0. The number of carbonyl (C=O) groups excluding carboxylic acids is 4. The van der Waals surface area contributed by atoms with Crippen LogP contribution in [-0.2, 0) is 27.3 Å². The molecule has 2 aliphatic rings. The number of pyridine rings is 1. The molecule has 13 heteroatoms. The zero-order chi connectivity index (χ0) is 26.7. The number of aromatic nitrogens is 2. The monoisotopic (exact) mass is 547 g/mol. The minimum absolute atomic E-state index is 0.00507. The zero-order valence-electron chi connectivity index (χ0n) is 21.0. The molecule has 198 valence electrons. The Morgan fingerprint density at radius 2 is 1.86 bits per heavy atom. The number of rotatable bonds is 5. The molecule has 3 heterocycles. The first-order chi connectivity index (χ1) is 17.5. The lowest BCUT2D eigenvalue weighted by atomic mass is 9.80. The average molecular weight is 548 g/mol. The Labute approximate surface area is 224 Å². The highest BCUT2D eigenvalue weighted by molar-refractivity contribution is 7.13. The second kappa shape index (κ2) is 11.1. The van der Waals surface area contributed by atoms with E-state index in [9.17, 15) is 19.2 Å². The Bertz CT molecular complexity index is 1190. The molecule has 4 rings (SSSR count). The average Bonchev–Trinajstić information content (AvgIpc) is 3.29.